The summed E-state index contributed by atoms with van der Waals surface area (Å²) in [4.78, 5) is 39.6. The predicted molar refractivity (Wildman–Crippen MR) is 109 cm³/mol. The molecule has 0 amide bonds. The minimum absolute atomic E-state index is 0.0628. The molecule has 0 heterocycles. The van der Waals surface area contributed by atoms with Gasteiger partial charge in [0, 0.05) is 25.7 Å². The van der Waals surface area contributed by atoms with Gasteiger partial charge in [-0.1, -0.05) is 32.6 Å². The predicted octanol–water partition coefficient (Wildman–Crippen LogP) is 2.74. The van der Waals surface area contributed by atoms with Crippen LogP contribution in [0, 0.1) is 0 Å². The Labute approximate surface area is 177 Å². The van der Waals surface area contributed by atoms with Crippen molar-refractivity contribution < 1.29 is 49.8 Å². The van der Waals surface area contributed by atoms with Crippen molar-refractivity contribution in [2.75, 3.05) is 6.61 Å². The third kappa shape index (κ3) is 40.5. The molecule has 0 aliphatic heterocycles. The molecule has 0 spiro atoms. The monoisotopic (exact) mass is 438 g/mol. The number of carbonyl (C=O) groups is 4. The molecule has 1 atom stereocenters. The van der Waals surface area contributed by atoms with Crippen molar-refractivity contribution in [1.29, 1.82) is 0 Å². The van der Waals surface area contributed by atoms with Gasteiger partial charge in [-0.2, -0.15) is 0 Å². The van der Waals surface area contributed by atoms with E-state index < -0.39 is 30.0 Å². The van der Waals surface area contributed by atoms with Gasteiger partial charge in [0.1, 0.15) is 0 Å². The molecular weight excluding hydrogens is 400 g/mol. The summed E-state index contributed by atoms with van der Waals surface area (Å²) in [7, 11) is 0. The number of aliphatic hydroxyl groups is 2. The first-order valence-electron chi connectivity index (χ1n) is 10.2. The first kappa shape index (κ1) is 32.5. The van der Waals surface area contributed by atoms with Crippen LogP contribution in [0.1, 0.15) is 90.4 Å². The second-order valence-electron chi connectivity index (χ2n) is 6.67. The highest BCUT2D eigenvalue weighted by molar-refractivity contribution is 5.68. The third-order valence-electron chi connectivity index (χ3n) is 3.66. The van der Waals surface area contributed by atoms with Crippen LogP contribution >= 0.6 is 0 Å². The number of carboxylic acids is 4. The first-order chi connectivity index (χ1) is 14.1. The topological polar surface area (TPSA) is 190 Å². The molecule has 30 heavy (non-hydrogen) atoms. The minimum atomic E-state index is -0.870. The second-order valence-corrected chi connectivity index (χ2v) is 6.67. The number of aliphatic carboxylic acids is 4. The van der Waals surface area contributed by atoms with Gasteiger partial charge in [-0.3, -0.25) is 19.2 Å². The Morgan fingerprint density at radius 1 is 0.600 bits per heavy atom. The molecule has 0 aliphatic carbocycles. The Hall–Kier alpha value is -2.20. The highest BCUT2D eigenvalue weighted by atomic mass is 16.4. The molecule has 10 nitrogen and oxygen atoms in total. The van der Waals surface area contributed by atoms with Crippen LogP contribution in [0.15, 0.2) is 0 Å². The minimum Gasteiger partial charge on any atom is -0.481 e. The van der Waals surface area contributed by atoms with E-state index in [1.54, 1.807) is 0 Å². The zero-order valence-corrected chi connectivity index (χ0v) is 17.8. The molecule has 0 saturated heterocycles. The lowest BCUT2D eigenvalue weighted by Crippen LogP contribution is -2.10. The van der Waals surface area contributed by atoms with E-state index in [1.807, 2.05) is 0 Å². The van der Waals surface area contributed by atoms with Gasteiger partial charge in [0.15, 0.2) is 0 Å². The maximum Gasteiger partial charge on any atom is 0.303 e. The van der Waals surface area contributed by atoms with Crippen LogP contribution in [0.3, 0.4) is 0 Å². The summed E-state index contributed by atoms with van der Waals surface area (Å²) in [5, 5.41) is 49.9. The fourth-order valence-corrected chi connectivity index (χ4v) is 2.00. The van der Waals surface area contributed by atoms with Crippen LogP contribution in [0.2, 0.25) is 0 Å². The van der Waals surface area contributed by atoms with Gasteiger partial charge in [-0.05, 0) is 32.1 Å². The maximum atomic E-state index is 9.90. The molecule has 1 unspecified atom stereocenters. The van der Waals surface area contributed by atoms with E-state index in [-0.39, 0.29) is 32.3 Å². The van der Waals surface area contributed by atoms with Crippen molar-refractivity contribution in [2.24, 2.45) is 0 Å². The van der Waals surface area contributed by atoms with Gasteiger partial charge < -0.3 is 30.6 Å². The van der Waals surface area contributed by atoms with Crippen LogP contribution in [0.5, 0.6) is 0 Å². The summed E-state index contributed by atoms with van der Waals surface area (Å²) in [6.07, 6.45) is 6.96. The summed E-state index contributed by atoms with van der Waals surface area (Å²) in [5.41, 5.74) is 0. The fraction of sp³-hybridized carbons (Fsp3) is 0.800. The number of rotatable bonds is 16. The highest BCUT2D eigenvalue weighted by Crippen LogP contribution is 2.04. The van der Waals surface area contributed by atoms with Crippen molar-refractivity contribution in [1.82, 2.24) is 0 Å². The van der Waals surface area contributed by atoms with E-state index in [2.05, 4.69) is 6.92 Å². The molecule has 0 aliphatic rings. The van der Waals surface area contributed by atoms with Crippen LogP contribution in [-0.4, -0.2) is 67.2 Å². The van der Waals surface area contributed by atoms with Gasteiger partial charge in [0.2, 0.25) is 0 Å². The van der Waals surface area contributed by atoms with Gasteiger partial charge in [-0.25, -0.2) is 0 Å². The standard InChI is InChI=1S/C8H18O2.2C6H10O4/c1-2-3-4-5-6-8(10)7-9;2*7-5(8)3-1-2-4-6(9)10/h8-10H,2-7H2,1H3;2*1-4H2,(H,7,8)(H,9,10). The fourth-order valence-electron chi connectivity index (χ4n) is 2.00. The number of hydrogen-bond donors (Lipinski definition) is 6. The Kier molecular flexibility index (Phi) is 26.9. The van der Waals surface area contributed by atoms with Crippen molar-refractivity contribution in [2.45, 2.75) is 96.5 Å². The van der Waals surface area contributed by atoms with Crippen molar-refractivity contribution >= 4 is 23.9 Å². The van der Waals surface area contributed by atoms with E-state index in [1.165, 1.54) is 19.3 Å². The maximum absolute atomic E-state index is 9.90. The quantitative estimate of drug-likeness (QED) is 0.195. The molecule has 0 saturated carbocycles. The third-order valence-corrected chi connectivity index (χ3v) is 3.66. The van der Waals surface area contributed by atoms with Crippen molar-refractivity contribution in [3.05, 3.63) is 0 Å². The largest absolute Gasteiger partial charge is 0.481 e. The summed E-state index contributed by atoms with van der Waals surface area (Å²) >= 11 is 0. The van der Waals surface area contributed by atoms with Crippen LogP contribution in [0.4, 0.5) is 0 Å². The molecule has 178 valence electrons. The second kappa shape index (κ2) is 24.8. The lowest BCUT2D eigenvalue weighted by Gasteiger charge is -2.04. The molecule has 0 radical (unpaired) electrons. The molecule has 0 aromatic heterocycles. The molecular formula is C20H38O10. The number of hydrogen-bond acceptors (Lipinski definition) is 6. The van der Waals surface area contributed by atoms with Gasteiger partial charge in [-0.15, -0.1) is 0 Å². The Balaban J connectivity index is -0.000000364. The number of unbranched alkanes of at least 4 members (excludes halogenated alkanes) is 5. The zero-order chi connectivity index (χ0) is 23.8. The Bertz CT molecular complexity index is 387. The van der Waals surface area contributed by atoms with Gasteiger partial charge >= 0.3 is 23.9 Å². The average Bonchev–Trinajstić information content (AvgIpc) is 2.66. The van der Waals surface area contributed by atoms with E-state index in [0.717, 1.165) is 12.8 Å². The summed E-state index contributed by atoms with van der Waals surface area (Å²) in [6, 6.07) is 0. The number of carboxylic acid groups (broad SMARTS) is 4. The van der Waals surface area contributed by atoms with Crippen molar-refractivity contribution in [3.8, 4) is 0 Å². The smallest absolute Gasteiger partial charge is 0.303 e. The van der Waals surface area contributed by atoms with Gasteiger partial charge in [0.25, 0.3) is 0 Å². The summed E-state index contributed by atoms with van der Waals surface area (Å²) in [6.45, 7) is 2.06. The Morgan fingerprint density at radius 2 is 0.933 bits per heavy atom. The summed E-state index contributed by atoms with van der Waals surface area (Å²) in [5.74, 6) is -3.48. The van der Waals surface area contributed by atoms with E-state index in [9.17, 15) is 19.2 Å². The summed E-state index contributed by atoms with van der Waals surface area (Å²) < 4.78 is 0. The normalized spacial score (nSPS) is 10.6. The SMILES string of the molecule is CCCCCCC(O)CO.O=C(O)CCCCC(=O)O.O=C(O)CCCCC(=O)O. The van der Waals surface area contributed by atoms with Crippen molar-refractivity contribution in [3.63, 3.8) is 0 Å². The zero-order valence-electron chi connectivity index (χ0n) is 17.8. The lowest BCUT2D eigenvalue weighted by atomic mass is 10.1. The highest BCUT2D eigenvalue weighted by Gasteiger charge is 2.00. The first-order valence-corrected chi connectivity index (χ1v) is 10.2. The Morgan fingerprint density at radius 3 is 1.17 bits per heavy atom. The van der Waals surface area contributed by atoms with E-state index in [4.69, 9.17) is 30.6 Å². The van der Waals surface area contributed by atoms with Crippen LogP contribution in [0.25, 0.3) is 0 Å². The van der Waals surface area contributed by atoms with Gasteiger partial charge in [0.05, 0.1) is 12.7 Å². The molecule has 10 heteroatoms. The molecule has 6 N–H and O–H groups in total. The van der Waals surface area contributed by atoms with E-state index >= 15 is 0 Å². The molecule has 0 bridgehead atoms. The molecule has 0 rings (SSSR count). The van der Waals surface area contributed by atoms with Crippen LogP contribution in [-0.2, 0) is 19.2 Å². The average molecular weight is 439 g/mol. The van der Waals surface area contributed by atoms with E-state index in [0.29, 0.717) is 25.7 Å². The molecule has 0 aromatic carbocycles. The number of aliphatic hydroxyl groups excluding tert-OH is 2. The van der Waals surface area contributed by atoms with Crippen LogP contribution < -0.4 is 0 Å². The lowest BCUT2D eigenvalue weighted by molar-refractivity contribution is -0.139. The molecule has 0 fully saturated rings. The molecule has 0 aromatic rings.